The molecule has 0 aromatic heterocycles. The van der Waals surface area contributed by atoms with Crippen molar-refractivity contribution < 1.29 is 13.2 Å². The van der Waals surface area contributed by atoms with Crippen molar-refractivity contribution in [2.24, 2.45) is 5.92 Å². The highest BCUT2D eigenvalue weighted by Gasteiger charge is 2.31. The van der Waals surface area contributed by atoms with Crippen LogP contribution in [0.2, 0.25) is 0 Å². The number of methoxy groups -OCH3 is 1. The van der Waals surface area contributed by atoms with Gasteiger partial charge in [-0.15, -0.1) is 12.4 Å². The molecule has 2 aromatic rings. The first-order valence-electron chi connectivity index (χ1n) is 8.61. The molecule has 1 N–H and O–H groups in total. The molecule has 7 heteroatoms. The van der Waals surface area contributed by atoms with Crippen molar-refractivity contribution >= 4 is 22.2 Å². The first-order chi connectivity index (χ1) is 12.5. The first kappa shape index (κ1) is 21.2. The molecule has 1 saturated heterocycles. The molecule has 0 saturated carbocycles. The lowest BCUT2D eigenvalue weighted by atomic mass is 9.82. The van der Waals surface area contributed by atoms with E-state index in [1.54, 1.807) is 25.3 Å². The number of nitriles is 1. The van der Waals surface area contributed by atoms with E-state index in [1.807, 2.05) is 30.3 Å². The molecule has 3 rings (SSSR count). The Labute approximate surface area is 166 Å². The van der Waals surface area contributed by atoms with Crippen molar-refractivity contribution in [3.05, 3.63) is 59.7 Å². The lowest BCUT2D eigenvalue weighted by Crippen LogP contribution is -2.39. The Morgan fingerprint density at radius 2 is 1.96 bits per heavy atom. The second kappa shape index (κ2) is 9.23. The van der Waals surface area contributed by atoms with Gasteiger partial charge in [-0.25, -0.2) is 8.42 Å². The van der Waals surface area contributed by atoms with Gasteiger partial charge < -0.3 is 10.1 Å². The standard InChI is InChI=1S/C20H22N2O3S.ClH/c1-25-18-7-5-16(6-8-18)20-9-10-22-13-17(20)14-26(23,24)19-4-2-3-15(11-19)12-21;/h2-8,11,17,20,22H,9-10,13-14H2,1H3;1H/t17-,20-;/m0./s1. The summed E-state index contributed by atoms with van der Waals surface area (Å²) in [4.78, 5) is 0.218. The number of nitrogens with zero attached hydrogens (tertiary/aromatic N) is 1. The van der Waals surface area contributed by atoms with Gasteiger partial charge in [0, 0.05) is 0 Å². The molecule has 0 radical (unpaired) electrons. The molecular weight excluding hydrogens is 384 g/mol. The number of halogens is 1. The normalized spacial score (nSPS) is 19.6. The summed E-state index contributed by atoms with van der Waals surface area (Å²) in [5.74, 6) is 1.01. The van der Waals surface area contributed by atoms with Crippen LogP contribution in [0.25, 0.3) is 0 Å². The van der Waals surface area contributed by atoms with Crippen LogP contribution in [0.1, 0.15) is 23.5 Å². The minimum absolute atomic E-state index is 0. The smallest absolute Gasteiger partial charge is 0.178 e. The van der Waals surface area contributed by atoms with Crippen molar-refractivity contribution in [3.63, 3.8) is 0 Å². The van der Waals surface area contributed by atoms with Gasteiger partial charge in [0.2, 0.25) is 0 Å². The topological polar surface area (TPSA) is 79.2 Å². The number of ether oxygens (including phenoxy) is 1. The van der Waals surface area contributed by atoms with Gasteiger partial charge in [-0.2, -0.15) is 5.26 Å². The number of piperidine rings is 1. The van der Waals surface area contributed by atoms with Gasteiger partial charge in [-0.1, -0.05) is 18.2 Å². The minimum atomic E-state index is -3.46. The van der Waals surface area contributed by atoms with Crippen LogP contribution in [0, 0.1) is 17.2 Å². The Morgan fingerprint density at radius 3 is 2.63 bits per heavy atom. The highest BCUT2D eigenvalue weighted by molar-refractivity contribution is 7.91. The van der Waals surface area contributed by atoms with E-state index < -0.39 is 9.84 Å². The number of rotatable bonds is 5. The van der Waals surface area contributed by atoms with Crippen molar-refractivity contribution in [2.75, 3.05) is 26.0 Å². The first-order valence-corrected chi connectivity index (χ1v) is 10.3. The van der Waals surface area contributed by atoms with E-state index in [1.165, 1.54) is 6.07 Å². The zero-order valence-electron chi connectivity index (χ0n) is 15.1. The Kier molecular flexibility index (Phi) is 7.25. The average Bonchev–Trinajstić information content (AvgIpc) is 2.68. The van der Waals surface area contributed by atoms with Gasteiger partial charge in [-0.3, -0.25) is 0 Å². The summed E-state index contributed by atoms with van der Waals surface area (Å²) >= 11 is 0. The third-order valence-electron chi connectivity index (χ3n) is 4.91. The maximum absolute atomic E-state index is 12.9. The van der Waals surface area contributed by atoms with Crippen LogP contribution in [0.5, 0.6) is 5.75 Å². The molecule has 0 bridgehead atoms. The maximum Gasteiger partial charge on any atom is 0.178 e. The maximum atomic E-state index is 12.9. The van der Waals surface area contributed by atoms with Crippen molar-refractivity contribution in [2.45, 2.75) is 17.2 Å². The summed E-state index contributed by atoms with van der Waals surface area (Å²) in [5.41, 5.74) is 1.50. The average molecular weight is 407 g/mol. The molecule has 1 aliphatic heterocycles. The number of nitrogens with one attached hydrogen (secondary N) is 1. The van der Waals surface area contributed by atoms with E-state index in [9.17, 15) is 8.42 Å². The Hall–Kier alpha value is -2.07. The molecule has 0 amide bonds. The molecule has 1 heterocycles. The van der Waals surface area contributed by atoms with Crippen LogP contribution < -0.4 is 10.1 Å². The second-order valence-electron chi connectivity index (χ2n) is 6.55. The van der Waals surface area contributed by atoms with Crippen molar-refractivity contribution in [3.8, 4) is 11.8 Å². The highest BCUT2D eigenvalue weighted by Crippen LogP contribution is 2.33. The van der Waals surface area contributed by atoms with Crippen LogP contribution >= 0.6 is 12.4 Å². The van der Waals surface area contributed by atoms with Crippen LogP contribution in [0.4, 0.5) is 0 Å². The quantitative estimate of drug-likeness (QED) is 0.825. The van der Waals surface area contributed by atoms with Gasteiger partial charge in [0.25, 0.3) is 0 Å². The fourth-order valence-electron chi connectivity index (χ4n) is 3.53. The van der Waals surface area contributed by atoms with Crippen LogP contribution in [-0.2, 0) is 9.84 Å². The molecule has 144 valence electrons. The fourth-order valence-corrected chi connectivity index (χ4v) is 5.22. The summed E-state index contributed by atoms with van der Waals surface area (Å²) in [5, 5.41) is 12.3. The molecule has 2 atom stereocenters. The van der Waals surface area contributed by atoms with Gasteiger partial charge in [0.15, 0.2) is 9.84 Å². The van der Waals surface area contributed by atoms with Gasteiger partial charge in [0.05, 0.1) is 29.4 Å². The molecular formula is C20H23ClN2O3S. The molecule has 1 aliphatic rings. The van der Waals surface area contributed by atoms with Crippen molar-refractivity contribution in [1.82, 2.24) is 5.32 Å². The zero-order valence-corrected chi connectivity index (χ0v) is 16.7. The fraction of sp³-hybridized carbons (Fsp3) is 0.350. The third-order valence-corrected chi connectivity index (χ3v) is 6.75. The summed E-state index contributed by atoms with van der Waals surface area (Å²) < 4.78 is 31.0. The van der Waals surface area contributed by atoms with E-state index in [0.29, 0.717) is 12.1 Å². The lowest BCUT2D eigenvalue weighted by molar-refractivity contribution is 0.349. The molecule has 2 aromatic carbocycles. The predicted octanol–water partition coefficient (Wildman–Crippen LogP) is 3.16. The Balaban J connectivity index is 0.00000261. The minimum Gasteiger partial charge on any atom is -0.497 e. The summed E-state index contributed by atoms with van der Waals surface area (Å²) in [7, 11) is -1.83. The van der Waals surface area contributed by atoms with E-state index in [-0.39, 0.29) is 34.9 Å². The van der Waals surface area contributed by atoms with Crippen LogP contribution in [-0.4, -0.2) is 34.4 Å². The number of hydrogen-bond acceptors (Lipinski definition) is 5. The van der Waals surface area contributed by atoms with E-state index in [2.05, 4.69) is 5.32 Å². The third kappa shape index (κ3) is 5.01. The summed E-state index contributed by atoms with van der Waals surface area (Å²) in [6.07, 6.45) is 0.894. The van der Waals surface area contributed by atoms with Gasteiger partial charge in [-0.05, 0) is 67.2 Å². The van der Waals surface area contributed by atoms with Crippen molar-refractivity contribution in [1.29, 1.82) is 5.26 Å². The predicted molar refractivity (Wildman–Crippen MR) is 107 cm³/mol. The van der Waals surface area contributed by atoms with Gasteiger partial charge in [0.1, 0.15) is 5.75 Å². The molecule has 5 nitrogen and oxygen atoms in total. The lowest BCUT2D eigenvalue weighted by Gasteiger charge is -2.32. The molecule has 0 unspecified atom stereocenters. The van der Waals surface area contributed by atoms with Gasteiger partial charge >= 0.3 is 0 Å². The van der Waals surface area contributed by atoms with E-state index >= 15 is 0 Å². The number of benzene rings is 2. The largest absolute Gasteiger partial charge is 0.497 e. The molecule has 1 fully saturated rings. The second-order valence-corrected chi connectivity index (χ2v) is 8.59. The number of sulfone groups is 1. The molecule has 0 spiro atoms. The zero-order chi connectivity index (χ0) is 18.6. The summed E-state index contributed by atoms with van der Waals surface area (Å²) in [6, 6.07) is 16.1. The van der Waals surface area contributed by atoms with E-state index in [0.717, 1.165) is 24.3 Å². The SMILES string of the molecule is COc1ccc([C@@H]2CCNC[C@H]2CS(=O)(=O)c2cccc(C#N)c2)cc1.Cl. The monoisotopic (exact) mass is 406 g/mol. The highest BCUT2D eigenvalue weighted by atomic mass is 35.5. The molecule has 0 aliphatic carbocycles. The van der Waals surface area contributed by atoms with Crippen LogP contribution in [0.15, 0.2) is 53.4 Å². The summed E-state index contributed by atoms with van der Waals surface area (Å²) in [6.45, 7) is 1.53. The van der Waals surface area contributed by atoms with Crippen LogP contribution in [0.3, 0.4) is 0 Å². The molecule has 27 heavy (non-hydrogen) atoms. The van der Waals surface area contributed by atoms with E-state index in [4.69, 9.17) is 10.00 Å². The number of hydrogen-bond donors (Lipinski definition) is 1. The Bertz CT molecular complexity index is 908. The Morgan fingerprint density at radius 1 is 1.22 bits per heavy atom.